The molecule has 0 saturated heterocycles. The van der Waals surface area contributed by atoms with Crippen molar-refractivity contribution in [2.75, 3.05) is 26.8 Å². The molecule has 0 fully saturated rings. The Bertz CT molecular complexity index is 941. The number of carbonyl (C=O) groups is 2. The number of hydrogen-bond donors (Lipinski definition) is 2. The summed E-state index contributed by atoms with van der Waals surface area (Å²) < 4.78 is 6.60. The molecule has 0 spiro atoms. The van der Waals surface area contributed by atoms with Crippen LogP contribution in [0.4, 0.5) is 0 Å². The summed E-state index contributed by atoms with van der Waals surface area (Å²) in [6.45, 7) is 1.20. The van der Waals surface area contributed by atoms with Crippen molar-refractivity contribution in [3.63, 3.8) is 0 Å². The lowest BCUT2D eigenvalue weighted by Gasteiger charge is -2.06. The highest BCUT2D eigenvalue weighted by atomic mass is 16.5. The summed E-state index contributed by atoms with van der Waals surface area (Å²) in [5, 5.41) is 9.90. The van der Waals surface area contributed by atoms with Gasteiger partial charge in [-0.15, -0.1) is 0 Å². The number of pyridine rings is 1. The predicted octanol–water partition coefficient (Wildman–Crippen LogP) is 1.49. The van der Waals surface area contributed by atoms with Crippen molar-refractivity contribution in [3.05, 3.63) is 72.2 Å². The van der Waals surface area contributed by atoms with Gasteiger partial charge in [0, 0.05) is 37.8 Å². The van der Waals surface area contributed by atoms with E-state index in [-0.39, 0.29) is 18.4 Å². The maximum Gasteiger partial charge on any atom is 0.255 e. The van der Waals surface area contributed by atoms with Gasteiger partial charge in [0.2, 0.25) is 5.91 Å². The van der Waals surface area contributed by atoms with E-state index in [1.807, 2.05) is 36.4 Å². The number of rotatable bonds is 9. The number of aromatic nitrogens is 3. The number of hydrogen-bond acceptors (Lipinski definition) is 5. The Morgan fingerprint density at radius 3 is 2.66 bits per heavy atom. The van der Waals surface area contributed by atoms with Gasteiger partial charge in [0.1, 0.15) is 5.69 Å². The molecule has 2 N–H and O–H groups in total. The molecule has 0 aliphatic carbocycles. The Labute approximate surface area is 168 Å². The molecule has 2 amide bonds. The van der Waals surface area contributed by atoms with Crippen LogP contribution in [0.25, 0.3) is 11.3 Å². The fourth-order valence-corrected chi connectivity index (χ4v) is 2.77. The molecule has 0 atom stereocenters. The number of carbonyl (C=O) groups excluding carboxylic acids is 2. The third-order valence-corrected chi connectivity index (χ3v) is 4.17. The van der Waals surface area contributed by atoms with Crippen LogP contribution in [0.2, 0.25) is 0 Å². The largest absolute Gasteiger partial charge is 0.383 e. The van der Waals surface area contributed by atoms with Gasteiger partial charge in [0.25, 0.3) is 5.91 Å². The summed E-state index contributed by atoms with van der Waals surface area (Å²) in [6.07, 6.45) is 5.01. The number of nitrogens with one attached hydrogen (secondary N) is 2. The Morgan fingerprint density at radius 1 is 1.10 bits per heavy atom. The van der Waals surface area contributed by atoms with Crippen LogP contribution in [0.15, 0.2) is 61.1 Å². The first-order chi connectivity index (χ1) is 14.2. The lowest BCUT2D eigenvalue weighted by Crippen LogP contribution is -2.38. The highest BCUT2D eigenvalue weighted by molar-refractivity contribution is 6.01. The van der Waals surface area contributed by atoms with E-state index < -0.39 is 0 Å². The molecule has 0 aliphatic heterocycles. The summed E-state index contributed by atoms with van der Waals surface area (Å²) in [4.78, 5) is 28.7. The molecule has 2 aromatic heterocycles. The van der Waals surface area contributed by atoms with E-state index in [0.717, 1.165) is 11.1 Å². The molecule has 29 heavy (non-hydrogen) atoms. The van der Waals surface area contributed by atoms with E-state index in [1.54, 1.807) is 36.4 Å². The highest BCUT2D eigenvalue weighted by Gasteiger charge is 2.19. The fourth-order valence-electron chi connectivity index (χ4n) is 2.77. The molecule has 150 valence electrons. The van der Waals surface area contributed by atoms with Gasteiger partial charge in [0.15, 0.2) is 0 Å². The number of benzene rings is 1. The zero-order chi connectivity index (χ0) is 20.5. The fraction of sp³-hybridized carbons (Fsp3) is 0.238. The van der Waals surface area contributed by atoms with Crippen LogP contribution in [0.5, 0.6) is 0 Å². The normalized spacial score (nSPS) is 10.5. The van der Waals surface area contributed by atoms with Crippen molar-refractivity contribution >= 4 is 11.8 Å². The molecule has 8 heteroatoms. The minimum Gasteiger partial charge on any atom is -0.383 e. The predicted molar refractivity (Wildman–Crippen MR) is 108 cm³/mol. The molecular formula is C21H23N5O3. The topological polar surface area (TPSA) is 98.1 Å². The minimum absolute atomic E-state index is 0.126. The monoisotopic (exact) mass is 393 g/mol. The van der Waals surface area contributed by atoms with Crippen LogP contribution in [0.1, 0.15) is 15.9 Å². The van der Waals surface area contributed by atoms with Crippen LogP contribution >= 0.6 is 0 Å². The van der Waals surface area contributed by atoms with Crippen molar-refractivity contribution in [1.29, 1.82) is 0 Å². The summed E-state index contributed by atoms with van der Waals surface area (Å²) in [6, 6.07) is 13.5. The van der Waals surface area contributed by atoms with Crippen molar-refractivity contribution in [1.82, 2.24) is 25.4 Å². The van der Waals surface area contributed by atoms with Crippen molar-refractivity contribution in [2.24, 2.45) is 0 Å². The van der Waals surface area contributed by atoms with Gasteiger partial charge in [-0.1, -0.05) is 30.3 Å². The molecular weight excluding hydrogens is 370 g/mol. The zero-order valence-electron chi connectivity index (χ0n) is 16.2. The molecule has 0 radical (unpaired) electrons. The first-order valence-corrected chi connectivity index (χ1v) is 9.23. The number of nitrogens with zero attached hydrogens (tertiary/aromatic N) is 3. The number of ether oxygens (including phenoxy) is 1. The Balaban J connectivity index is 1.76. The molecule has 0 unspecified atom stereocenters. The maximum absolute atomic E-state index is 12.7. The van der Waals surface area contributed by atoms with E-state index in [1.165, 1.54) is 0 Å². The van der Waals surface area contributed by atoms with Crippen molar-refractivity contribution in [2.45, 2.75) is 6.54 Å². The second kappa shape index (κ2) is 10.1. The smallest absolute Gasteiger partial charge is 0.255 e. The highest BCUT2D eigenvalue weighted by Crippen LogP contribution is 2.21. The van der Waals surface area contributed by atoms with Gasteiger partial charge in [-0.05, 0) is 17.7 Å². The summed E-state index contributed by atoms with van der Waals surface area (Å²) in [5.74, 6) is -0.653. The summed E-state index contributed by atoms with van der Waals surface area (Å²) in [5.41, 5.74) is 2.70. The average molecular weight is 393 g/mol. The molecule has 0 saturated carbocycles. The van der Waals surface area contributed by atoms with Crippen molar-refractivity contribution < 1.29 is 14.3 Å². The molecule has 3 aromatic rings. The van der Waals surface area contributed by atoms with E-state index in [9.17, 15) is 9.59 Å². The van der Waals surface area contributed by atoms with Crippen LogP contribution in [-0.4, -0.2) is 53.4 Å². The molecule has 3 rings (SSSR count). The van der Waals surface area contributed by atoms with E-state index >= 15 is 0 Å². The summed E-state index contributed by atoms with van der Waals surface area (Å²) >= 11 is 0. The van der Waals surface area contributed by atoms with Gasteiger partial charge < -0.3 is 15.4 Å². The maximum atomic E-state index is 12.7. The standard InChI is InChI=1S/C21H23N5O3/c1-29-11-10-23-19(27)13-24-21(28)18-15-26(14-16-6-3-2-4-7-16)25-20(18)17-8-5-9-22-12-17/h2-9,12,15H,10-11,13-14H2,1H3,(H,23,27)(H,24,28). The van der Waals surface area contributed by atoms with Gasteiger partial charge in [-0.3, -0.25) is 19.3 Å². The van der Waals surface area contributed by atoms with Crippen LogP contribution in [0.3, 0.4) is 0 Å². The van der Waals surface area contributed by atoms with Crippen molar-refractivity contribution in [3.8, 4) is 11.3 Å². The molecule has 8 nitrogen and oxygen atoms in total. The minimum atomic E-state index is -0.370. The summed E-state index contributed by atoms with van der Waals surface area (Å²) in [7, 11) is 1.56. The van der Waals surface area contributed by atoms with Crippen LogP contribution < -0.4 is 10.6 Å². The lowest BCUT2D eigenvalue weighted by atomic mass is 10.1. The van der Waals surface area contributed by atoms with E-state index in [0.29, 0.717) is 31.0 Å². The lowest BCUT2D eigenvalue weighted by molar-refractivity contribution is -0.120. The van der Waals surface area contributed by atoms with Gasteiger partial charge in [-0.2, -0.15) is 5.10 Å². The molecule has 0 aliphatic rings. The van der Waals surface area contributed by atoms with E-state index in [4.69, 9.17) is 4.74 Å². The Hall–Kier alpha value is -3.52. The van der Waals surface area contributed by atoms with E-state index in [2.05, 4.69) is 20.7 Å². The average Bonchev–Trinajstić information content (AvgIpc) is 3.17. The second-order valence-corrected chi connectivity index (χ2v) is 6.34. The third-order valence-electron chi connectivity index (χ3n) is 4.17. The Morgan fingerprint density at radius 2 is 1.93 bits per heavy atom. The second-order valence-electron chi connectivity index (χ2n) is 6.34. The van der Waals surface area contributed by atoms with Gasteiger partial charge >= 0.3 is 0 Å². The third kappa shape index (κ3) is 5.73. The van der Waals surface area contributed by atoms with Crippen LogP contribution in [0, 0.1) is 0 Å². The van der Waals surface area contributed by atoms with Crippen LogP contribution in [-0.2, 0) is 16.1 Å². The van der Waals surface area contributed by atoms with Gasteiger partial charge in [0.05, 0.1) is 25.3 Å². The SMILES string of the molecule is COCCNC(=O)CNC(=O)c1cn(Cc2ccccc2)nc1-c1cccnc1. The zero-order valence-corrected chi connectivity index (χ0v) is 16.2. The molecule has 1 aromatic carbocycles. The molecule has 2 heterocycles. The Kier molecular flexibility index (Phi) is 7.07. The first kappa shape index (κ1) is 20.2. The van der Waals surface area contributed by atoms with Gasteiger partial charge in [-0.25, -0.2) is 0 Å². The molecule has 0 bridgehead atoms. The first-order valence-electron chi connectivity index (χ1n) is 9.23. The number of methoxy groups -OCH3 is 1. The quantitative estimate of drug-likeness (QED) is 0.537. The number of amides is 2.